The van der Waals surface area contributed by atoms with E-state index in [1.54, 1.807) is 10.6 Å². The molecule has 1 fully saturated rings. The predicted molar refractivity (Wildman–Crippen MR) is 82.8 cm³/mol. The van der Waals surface area contributed by atoms with Crippen molar-refractivity contribution in [1.29, 1.82) is 0 Å². The molecule has 1 aliphatic rings. The minimum Gasteiger partial charge on any atom is -0.444 e. The van der Waals surface area contributed by atoms with Crippen LogP contribution >= 0.6 is 0 Å². The SMILES string of the molecule is C[C@H]1[C@H](O)[C@H](c2cc(-c3ncco3)c3c(N)ncnn23)O[C@@H]1CO. The number of ether oxygens (including phenoxy) is 1. The molecule has 0 unspecified atom stereocenters. The Morgan fingerprint density at radius 2 is 2.21 bits per heavy atom. The number of rotatable bonds is 3. The van der Waals surface area contributed by atoms with Crippen molar-refractivity contribution < 1.29 is 19.4 Å². The molecule has 24 heavy (non-hydrogen) atoms. The van der Waals surface area contributed by atoms with Crippen LogP contribution in [0, 0.1) is 5.92 Å². The van der Waals surface area contributed by atoms with Crippen LogP contribution < -0.4 is 5.73 Å². The first kappa shape index (κ1) is 15.1. The summed E-state index contributed by atoms with van der Waals surface area (Å²) in [6.45, 7) is 1.67. The van der Waals surface area contributed by atoms with Gasteiger partial charge in [-0.05, 0) is 6.07 Å². The third-order valence-electron chi connectivity index (χ3n) is 4.50. The number of hydrogen-bond acceptors (Lipinski definition) is 8. The molecule has 0 aliphatic carbocycles. The largest absolute Gasteiger partial charge is 0.444 e. The van der Waals surface area contributed by atoms with Gasteiger partial charge in [-0.15, -0.1) is 0 Å². The minimum absolute atomic E-state index is 0.165. The summed E-state index contributed by atoms with van der Waals surface area (Å²) in [5.41, 5.74) is 7.75. The molecular formula is C15H17N5O4. The van der Waals surface area contributed by atoms with Gasteiger partial charge in [-0.2, -0.15) is 5.10 Å². The minimum atomic E-state index is -0.783. The molecule has 126 valence electrons. The quantitative estimate of drug-likeness (QED) is 0.628. The fourth-order valence-electron chi connectivity index (χ4n) is 3.16. The summed E-state index contributed by atoms with van der Waals surface area (Å²) in [6, 6.07) is 1.77. The fraction of sp³-hybridized carbons (Fsp3) is 0.400. The molecular weight excluding hydrogens is 314 g/mol. The average molecular weight is 331 g/mol. The van der Waals surface area contributed by atoms with Crippen LogP contribution in [0.1, 0.15) is 18.7 Å². The van der Waals surface area contributed by atoms with Crippen molar-refractivity contribution in [2.24, 2.45) is 5.92 Å². The number of nitrogens with zero attached hydrogens (tertiary/aromatic N) is 4. The van der Waals surface area contributed by atoms with Crippen LogP contribution in [0.5, 0.6) is 0 Å². The van der Waals surface area contributed by atoms with Crippen molar-refractivity contribution in [3.8, 4) is 11.5 Å². The summed E-state index contributed by atoms with van der Waals surface area (Å²) in [4.78, 5) is 8.16. The molecule has 1 aliphatic heterocycles. The number of aliphatic hydroxyl groups excluding tert-OH is 2. The van der Waals surface area contributed by atoms with E-state index in [2.05, 4.69) is 15.1 Å². The second kappa shape index (κ2) is 5.55. The molecule has 0 bridgehead atoms. The Kier molecular flexibility index (Phi) is 3.48. The Labute approximate surface area is 136 Å². The van der Waals surface area contributed by atoms with Gasteiger partial charge in [-0.3, -0.25) is 0 Å². The monoisotopic (exact) mass is 331 g/mol. The second-order valence-corrected chi connectivity index (χ2v) is 5.85. The van der Waals surface area contributed by atoms with Crippen LogP contribution in [0.3, 0.4) is 0 Å². The zero-order valence-electron chi connectivity index (χ0n) is 12.9. The summed E-state index contributed by atoms with van der Waals surface area (Å²) in [7, 11) is 0. The number of hydrogen-bond donors (Lipinski definition) is 3. The molecule has 4 heterocycles. The van der Waals surface area contributed by atoms with E-state index in [0.717, 1.165) is 0 Å². The number of aromatic nitrogens is 4. The van der Waals surface area contributed by atoms with E-state index >= 15 is 0 Å². The first-order valence-corrected chi connectivity index (χ1v) is 7.58. The van der Waals surface area contributed by atoms with Gasteiger partial charge < -0.3 is 25.1 Å². The Balaban J connectivity index is 1.90. The van der Waals surface area contributed by atoms with Crippen LogP contribution in [-0.4, -0.2) is 48.6 Å². The predicted octanol–water partition coefficient (Wildman–Crippen LogP) is 0.396. The summed E-state index contributed by atoms with van der Waals surface area (Å²) in [6.07, 6.45) is 2.45. The van der Waals surface area contributed by atoms with Gasteiger partial charge >= 0.3 is 0 Å². The van der Waals surface area contributed by atoms with E-state index in [1.807, 2.05) is 6.92 Å². The number of nitrogen functional groups attached to an aromatic ring is 1. The van der Waals surface area contributed by atoms with Gasteiger partial charge in [0, 0.05) is 5.92 Å². The Hall–Kier alpha value is -2.49. The maximum absolute atomic E-state index is 10.5. The van der Waals surface area contributed by atoms with Crippen molar-refractivity contribution in [2.45, 2.75) is 25.2 Å². The molecule has 1 saturated heterocycles. The first-order valence-electron chi connectivity index (χ1n) is 7.58. The molecule has 4 N–H and O–H groups in total. The van der Waals surface area contributed by atoms with Crippen LogP contribution in [0.15, 0.2) is 29.3 Å². The topological polar surface area (TPSA) is 132 Å². The lowest BCUT2D eigenvalue weighted by Gasteiger charge is -2.14. The number of fused-ring (bicyclic) bond motifs is 1. The summed E-state index contributed by atoms with van der Waals surface area (Å²) < 4.78 is 12.8. The van der Waals surface area contributed by atoms with Gasteiger partial charge in [0.15, 0.2) is 5.82 Å². The molecule has 0 spiro atoms. The molecule has 0 saturated carbocycles. The van der Waals surface area contributed by atoms with Crippen molar-refractivity contribution in [3.63, 3.8) is 0 Å². The molecule has 4 rings (SSSR count). The Morgan fingerprint density at radius 3 is 2.88 bits per heavy atom. The van der Waals surface area contributed by atoms with Gasteiger partial charge in [-0.1, -0.05) is 6.92 Å². The van der Waals surface area contributed by atoms with Crippen LogP contribution in [0.25, 0.3) is 17.0 Å². The zero-order valence-corrected chi connectivity index (χ0v) is 12.9. The van der Waals surface area contributed by atoms with E-state index in [4.69, 9.17) is 14.9 Å². The number of nitrogens with two attached hydrogens (primary N) is 1. The normalized spacial score (nSPS) is 27.1. The highest BCUT2D eigenvalue weighted by molar-refractivity contribution is 5.85. The molecule has 3 aromatic heterocycles. The first-order chi connectivity index (χ1) is 11.6. The molecule has 0 radical (unpaired) electrons. The average Bonchev–Trinajstić information content (AvgIpc) is 3.28. The van der Waals surface area contributed by atoms with E-state index in [9.17, 15) is 10.2 Å². The highest BCUT2D eigenvalue weighted by atomic mass is 16.5. The van der Waals surface area contributed by atoms with Gasteiger partial charge in [0.1, 0.15) is 24.2 Å². The lowest BCUT2D eigenvalue weighted by Crippen LogP contribution is -2.24. The summed E-state index contributed by atoms with van der Waals surface area (Å²) >= 11 is 0. The van der Waals surface area contributed by atoms with E-state index in [1.165, 1.54) is 18.8 Å². The Bertz CT molecular complexity index is 862. The lowest BCUT2D eigenvalue weighted by atomic mass is 9.97. The molecule has 9 heteroatoms. The number of anilines is 1. The second-order valence-electron chi connectivity index (χ2n) is 5.85. The van der Waals surface area contributed by atoms with Crippen LogP contribution in [0.2, 0.25) is 0 Å². The lowest BCUT2D eigenvalue weighted by molar-refractivity contribution is -0.0152. The number of oxazole rings is 1. The smallest absolute Gasteiger partial charge is 0.228 e. The van der Waals surface area contributed by atoms with Gasteiger partial charge in [0.05, 0.1) is 36.3 Å². The van der Waals surface area contributed by atoms with Gasteiger partial charge in [0.25, 0.3) is 0 Å². The fourth-order valence-corrected chi connectivity index (χ4v) is 3.16. The van der Waals surface area contributed by atoms with E-state index < -0.39 is 18.3 Å². The van der Waals surface area contributed by atoms with Crippen molar-refractivity contribution in [3.05, 3.63) is 30.5 Å². The third kappa shape index (κ3) is 2.09. The molecule has 3 aromatic rings. The van der Waals surface area contributed by atoms with Crippen molar-refractivity contribution in [1.82, 2.24) is 19.6 Å². The van der Waals surface area contributed by atoms with Crippen LogP contribution in [-0.2, 0) is 4.74 Å². The Morgan fingerprint density at radius 1 is 1.38 bits per heavy atom. The van der Waals surface area contributed by atoms with E-state index in [-0.39, 0.29) is 18.3 Å². The summed E-state index contributed by atoms with van der Waals surface area (Å²) in [5.74, 6) is 0.429. The standard InChI is InChI=1S/C15H17N5O4/c1-7-10(5-21)24-13(12(7)22)9-4-8(15-17-2-3-23-15)11-14(16)18-6-19-20(9)11/h2-4,6-7,10,12-13,21-22H,5H2,1H3,(H2,16,18,19)/t7-,10-,12+,13+/m1/s1. The van der Waals surface area contributed by atoms with E-state index in [0.29, 0.717) is 22.7 Å². The highest BCUT2D eigenvalue weighted by Gasteiger charge is 2.43. The van der Waals surface area contributed by atoms with Crippen molar-refractivity contribution >= 4 is 11.3 Å². The van der Waals surface area contributed by atoms with Crippen molar-refractivity contribution in [2.75, 3.05) is 12.3 Å². The maximum atomic E-state index is 10.5. The third-order valence-corrected chi connectivity index (χ3v) is 4.50. The van der Waals surface area contributed by atoms with Gasteiger partial charge in [-0.25, -0.2) is 14.5 Å². The molecule has 9 nitrogen and oxygen atoms in total. The van der Waals surface area contributed by atoms with Crippen LogP contribution in [0.4, 0.5) is 5.82 Å². The zero-order chi connectivity index (χ0) is 16.8. The molecule has 0 amide bonds. The molecule has 0 aromatic carbocycles. The summed E-state index contributed by atoms with van der Waals surface area (Å²) in [5, 5.41) is 24.2. The highest BCUT2D eigenvalue weighted by Crippen LogP contribution is 2.40. The number of aliphatic hydroxyl groups is 2. The van der Waals surface area contributed by atoms with Gasteiger partial charge in [0.2, 0.25) is 5.89 Å². The molecule has 4 atom stereocenters. The maximum Gasteiger partial charge on any atom is 0.228 e.